The third-order valence-electron chi connectivity index (χ3n) is 3.58. The molecule has 0 saturated carbocycles. The SMILES string of the molecule is CCN1CCCCc2ccc(C(=O)NO)cc2C1. The molecule has 0 saturated heterocycles. The highest BCUT2D eigenvalue weighted by atomic mass is 16.5. The molecule has 98 valence electrons. The van der Waals surface area contributed by atoms with Gasteiger partial charge in [0.2, 0.25) is 0 Å². The highest BCUT2D eigenvalue weighted by molar-refractivity contribution is 5.93. The number of amides is 1. The molecule has 0 aromatic heterocycles. The first kappa shape index (κ1) is 13.1. The zero-order chi connectivity index (χ0) is 13.0. The van der Waals surface area contributed by atoms with Crippen LogP contribution in [-0.2, 0) is 13.0 Å². The average molecular weight is 248 g/mol. The van der Waals surface area contributed by atoms with Gasteiger partial charge in [-0.2, -0.15) is 0 Å². The van der Waals surface area contributed by atoms with Gasteiger partial charge >= 0.3 is 0 Å². The molecule has 4 nitrogen and oxygen atoms in total. The minimum absolute atomic E-state index is 0.442. The molecule has 1 aliphatic rings. The van der Waals surface area contributed by atoms with E-state index in [1.165, 1.54) is 24.0 Å². The normalized spacial score (nSPS) is 16.6. The Labute approximate surface area is 108 Å². The van der Waals surface area contributed by atoms with Gasteiger partial charge in [0.1, 0.15) is 0 Å². The second kappa shape index (κ2) is 5.98. The molecule has 4 heteroatoms. The Bertz CT molecular complexity index is 432. The maximum Gasteiger partial charge on any atom is 0.274 e. The molecule has 0 unspecified atom stereocenters. The summed E-state index contributed by atoms with van der Waals surface area (Å²) < 4.78 is 0. The summed E-state index contributed by atoms with van der Waals surface area (Å²) in [5.41, 5.74) is 4.74. The average Bonchev–Trinajstić information content (AvgIpc) is 2.38. The third-order valence-corrected chi connectivity index (χ3v) is 3.58. The van der Waals surface area contributed by atoms with Crippen molar-refractivity contribution < 1.29 is 10.0 Å². The molecule has 2 N–H and O–H groups in total. The molecule has 1 aromatic carbocycles. The molecular formula is C14H20N2O2. The summed E-state index contributed by atoms with van der Waals surface area (Å²) in [7, 11) is 0. The summed E-state index contributed by atoms with van der Waals surface area (Å²) >= 11 is 0. The van der Waals surface area contributed by atoms with Crippen LogP contribution in [0, 0.1) is 0 Å². The lowest BCUT2D eigenvalue weighted by Crippen LogP contribution is -2.27. The van der Waals surface area contributed by atoms with E-state index in [4.69, 9.17) is 5.21 Å². The van der Waals surface area contributed by atoms with E-state index in [9.17, 15) is 4.79 Å². The first-order chi connectivity index (χ1) is 8.74. The van der Waals surface area contributed by atoms with Crippen LogP contribution < -0.4 is 5.48 Å². The number of carbonyl (C=O) groups is 1. The van der Waals surface area contributed by atoms with Crippen molar-refractivity contribution in [1.82, 2.24) is 10.4 Å². The second-order valence-electron chi connectivity index (χ2n) is 4.75. The smallest absolute Gasteiger partial charge is 0.274 e. The lowest BCUT2D eigenvalue weighted by Gasteiger charge is -2.25. The lowest BCUT2D eigenvalue weighted by atomic mass is 9.97. The number of hydrogen-bond donors (Lipinski definition) is 2. The fourth-order valence-electron chi connectivity index (χ4n) is 2.46. The quantitative estimate of drug-likeness (QED) is 0.621. The Morgan fingerprint density at radius 2 is 2.22 bits per heavy atom. The van der Waals surface area contributed by atoms with Gasteiger partial charge in [0, 0.05) is 12.1 Å². The van der Waals surface area contributed by atoms with Crippen molar-refractivity contribution >= 4 is 5.91 Å². The minimum atomic E-state index is -0.442. The van der Waals surface area contributed by atoms with Gasteiger partial charge in [-0.25, -0.2) is 5.48 Å². The molecular weight excluding hydrogens is 228 g/mol. The molecule has 1 amide bonds. The number of aryl methyl sites for hydroxylation is 1. The van der Waals surface area contributed by atoms with Crippen LogP contribution in [0.2, 0.25) is 0 Å². The van der Waals surface area contributed by atoms with Crippen molar-refractivity contribution in [2.24, 2.45) is 0 Å². The van der Waals surface area contributed by atoms with E-state index in [1.54, 1.807) is 11.5 Å². The van der Waals surface area contributed by atoms with Crippen molar-refractivity contribution in [2.75, 3.05) is 13.1 Å². The van der Waals surface area contributed by atoms with Crippen molar-refractivity contribution in [1.29, 1.82) is 0 Å². The summed E-state index contributed by atoms with van der Waals surface area (Å²) in [6.45, 7) is 5.19. The number of rotatable bonds is 2. The van der Waals surface area contributed by atoms with Crippen LogP contribution in [-0.4, -0.2) is 29.1 Å². The van der Waals surface area contributed by atoms with Crippen LogP contribution in [0.15, 0.2) is 18.2 Å². The Kier molecular flexibility index (Phi) is 4.33. The molecule has 0 fully saturated rings. The molecule has 1 heterocycles. The van der Waals surface area contributed by atoms with Crippen LogP contribution in [0.25, 0.3) is 0 Å². The fourth-order valence-corrected chi connectivity index (χ4v) is 2.46. The highest BCUT2D eigenvalue weighted by Crippen LogP contribution is 2.20. The topological polar surface area (TPSA) is 52.6 Å². The Morgan fingerprint density at radius 3 is 2.94 bits per heavy atom. The Hall–Kier alpha value is -1.39. The van der Waals surface area contributed by atoms with Gasteiger partial charge < -0.3 is 0 Å². The second-order valence-corrected chi connectivity index (χ2v) is 4.75. The molecule has 0 atom stereocenters. The number of fused-ring (bicyclic) bond motifs is 1. The van der Waals surface area contributed by atoms with E-state index in [1.807, 2.05) is 12.1 Å². The number of hydrogen-bond acceptors (Lipinski definition) is 3. The largest absolute Gasteiger partial charge is 0.299 e. The Balaban J connectivity index is 2.29. The van der Waals surface area contributed by atoms with Crippen molar-refractivity contribution in [3.63, 3.8) is 0 Å². The Morgan fingerprint density at radius 1 is 1.39 bits per heavy atom. The van der Waals surface area contributed by atoms with Gasteiger partial charge in [0.05, 0.1) is 0 Å². The van der Waals surface area contributed by atoms with E-state index in [0.717, 1.165) is 26.1 Å². The number of hydroxylamine groups is 1. The fraction of sp³-hybridized carbons (Fsp3) is 0.500. The molecule has 2 rings (SSSR count). The predicted octanol–water partition coefficient (Wildman–Crippen LogP) is 1.96. The highest BCUT2D eigenvalue weighted by Gasteiger charge is 2.14. The van der Waals surface area contributed by atoms with Gasteiger partial charge in [-0.3, -0.25) is 14.9 Å². The first-order valence-electron chi connectivity index (χ1n) is 6.53. The maximum atomic E-state index is 11.4. The van der Waals surface area contributed by atoms with Crippen LogP contribution in [0.5, 0.6) is 0 Å². The van der Waals surface area contributed by atoms with Crippen molar-refractivity contribution in [3.05, 3.63) is 34.9 Å². The molecule has 1 aromatic rings. The van der Waals surface area contributed by atoms with E-state index >= 15 is 0 Å². The van der Waals surface area contributed by atoms with Crippen molar-refractivity contribution in [3.8, 4) is 0 Å². The van der Waals surface area contributed by atoms with Crippen LogP contribution in [0.4, 0.5) is 0 Å². The lowest BCUT2D eigenvalue weighted by molar-refractivity contribution is 0.0706. The van der Waals surface area contributed by atoms with Crippen LogP contribution >= 0.6 is 0 Å². The summed E-state index contributed by atoms with van der Waals surface area (Å²) in [6.07, 6.45) is 3.50. The van der Waals surface area contributed by atoms with E-state index in [0.29, 0.717) is 5.56 Å². The van der Waals surface area contributed by atoms with E-state index in [2.05, 4.69) is 11.8 Å². The van der Waals surface area contributed by atoms with E-state index in [-0.39, 0.29) is 0 Å². The number of nitrogens with one attached hydrogen (secondary N) is 1. The number of carbonyl (C=O) groups excluding carboxylic acids is 1. The summed E-state index contributed by atoms with van der Waals surface area (Å²) in [4.78, 5) is 13.8. The molecule has 0 bridgehead atoms. The van der Waals surface area contributed by atoms with Gasteiger partial charge in [-0.1, -0.05) is 13.0 Å². The molecule has 0 radical (unpaired) electrons. The number of benzene rings is 1. The van der Waals surface area contributed by atoms with Gasteiger partial charge in [-0.05, 0) is 55.6 Å². The molecule has 0 aliphatic carbocycles. The minimum Gasteiger partial charge on any atom is -0.299 e. The van der Waals surface area contributed by atoms with Gasteiger partial charge in [-0.15, -0.1) is 0 Å². The summed E-state index contributed by atoms with van der Waals surface area (Å²) in [5, 5.41) is 8.68. The summed E-state index contributed by atoms with van der Waals surface area (Å²) in [6, 6.07) is 5.69. The monoisotopic (exact) mass is 248 g/mol. The molecule has 1 aliphatic heterocycles. The summed E-state index contributed by atoms with van der Waals surface area (Å²) in [5.74, 6) is -0.442. The van der Waals surface area contributed by atoms with Crippen molar-refractivity contribution in [2.45, 2.75) is 32.7 Å². The number of nitrogens with zero attached hydrogens (tertiary/aromatic N) is 1. The van der Waals surface area contributed by atoms with Gasteiger partial charge in [0.25, 0.3) is 5.91 Å². The third kappa shape index (κ3) is 2.89. The van der Waals surface area contributed by atoms with Crippen LogP contribution in [0.1, 0.15) is 41.3 Å². The van der Waals surface area contributed by atoms with E-state index < -0.39 is 5.91 Å². The molecule has 18 heavy (non-hydrogen) atoms. The van der Waals surface area contributed by atoms with Gasteiger partial charge in [0.15, 0.2) is 0 Å². The maximum absolute atomic E-state index is 11.4. The zero-order valence-electron chi connectivity index (χ0n) is 10.8. The standard InChI is InChI=1S/C14H20N2O2/c1-2-16-8-4-3-5-11-6-7-12(14(17)15-18)9-13(11)10-16/h6-7,9,18H,2-5,8,10H2,1H3,(H,15,17). The predicted molar refractivity (Wildman–Crippen MR) is 69.6 cm³/mol. The van der Waals surface area contributed by atoms with Crippen LogP contribution in [0.3, 0.4) is 0 Å². The molecule has 0 spiro atoms. The first-order valence-corrected chi connectivity index (χ1v) is 6.53. The zero-order valence-corrected chi connectivity index (χ0v) is 10.8.